The van der Waals surface area contributed by atoms with Crippen molar-refractivity contribution in [3.63, 3.8) is 0 Å². The van der Waals surface area contributed by atoms with E-state index in [1.54, 1.807) is 0 Å². The maximum Gasteiger partial charge on any atom is 0.0726 e. The van der Waals surface area contributed by atoms with Gasteiger partial charge in [0.2, 0.25) is 0 Å². The van der Waals surface area contributed by atoms with Crippen LogP contribution in [0, 0.1) is 13.8 Å². The summed E-state index contributed by atoms with van der Waals surface area (Å²) in [5.74, 6) is 0. The first-order chi connectivity index (χ1) is 9.63. The van der Waals surface area contributed by atoms with Gasteiger partial charge in [0.25, 0.3) is 0 Å². The molecule has 0 saturated carbocycles. The van der Waals surface area contributed by atoms with Gasteiger partial charge in [0.15, 0.2) is 0 Å². The van der Waals surface area contributed by atoms with Crippen LogP contribution in [0.25, 0.3) is 10.9 Å². The molecule has 3 nitrogen and oxygen atoms in total. The third-order valence-corrected chi connectivity index (χ3v) is 3.44. The monoisotopic (exact) mass is 263 g/mol. The fourth-order valence-electron chi connectivity index (χ4n) is 2.35. The number of pyridine rings is 2. The van der Waals surface area contributed by atoms with Gasteiger partial charge in [0, 0.05) is 16.8 Å². The van der Waals surface area contributed by atoms with Gasteiger partial charge in [-0.25, -0.2) is 0 Å². The number of hydrogen-bond acceptors (Lipinski definition) is 3. The second kappa shape index (κ2) is 5.02. The summed E-state index contributed by atoms with van der Waals surface area (Å²) in [5.41, 5.74) is 11.3. The summed E-state index contributed by atoms with van der Waals surface area (Å²) in [6.07, 6.45) is 0. The summed E-state index contributed by atoms with van der Waals surface area (Å²) in [4.78, 5) is 9.01. The van der Waals surface area contributed by atoms with Gasteiger partial charge in [0.05, 0.1) is 17.3 Å². The number of fused-ring (bicyclic) bond motifs is 1. The zero-order chi connectivity index (χ0) is 14.1. The first kappa shape index (κ1) is 12.8. The van der Waals surface area contributed by atoms with E-state index in [1.165, 1.54) is 0 Å². The standard InChI is InChI=1S/C17H17N3/c1-11-4-3-5-16(20-11)17(18)14-8-9-15-13(10-14)7-6-12(2)19-15/h3-10,17H,18H2,1-2H3. The van der Waals surface area contributed by atoms with Crippen LogP contribution in [-0.4, -0.2) is 9.97 Å². The van der Waals surface area contributed by atoms with Gasteiger partial charge in [-0.3, -0.25) is 9.97 Å². The molecule has 3 rings (SSSR count). The van der Waals surface area contributed by atoms with Crippen LogP contribution in [0.4, 0.5) is 0 Å². The summed E-state index contributed by atoms with van der Waals surface area (Å²) < 4.78 is 0. The lowest BCUT2D eigenvalue weighted by atomic mass is 10.0. The van der Waals surface area contributed by atoms with Gasteiger partial charge >= 0.3 is 0 Å². The molecule has 0 aliphatic heterocycles. The topological polar surface area (TPSA) is 51.8 Å². The molecule has 3 heteroatoms. The number of aryl methyl sites for hydroxylation is 2. The van der Waals surface area contributed by atoms with Crippen molar-refractivity contribution in [2.75, 3.05) is 0 Å². The Bertz CT molecular complexity index is 765. The molecule has 20 heavy (non-hydrogen) atoms. The first-order valence-electron chi connectivity index (χ1n) is 6.70. The smallest absolute Gasteiger partial charge is 0.0726 e. The minimum atomic E-state index is -0.208. The molecule has 0 aliphatic rings. The second-order valence-corrected chi connectivity index (χ2v) is 5.09. The van der Waals surface area contributed by atoms with Crippen LogP contribution in [-0.2, 0) is 0 Å². The number of nitrogens with zero attached hydrogens (tertiary/aromatic N) is 2. The molecule has 2 aromatic heterocycles. The van der Waals surface area contributed by atoms with E-state index < -0.39 is 0 Å². The highest BCUT2D eigenvalue weighted by Gasteiger charge is 2.11. The van der Waals surface area contributed by atoms with Gasteiger partial charge in [0.1, 0.15) is 0 Å². The predicted molar refractivity (Wildman–Crippen MR) is 81.5 cm³/mol. The zero-order valence-corrected chi connectivity index (χ0v) is 11.7. The van der Waals surface area contributed by atoms with Crippen LogP contribution in [0.5, 0.6) is 0 Å². The van der Waals surface area contributed by atoms with Crippen molar-refractivity contribution in [2.45, 2.75) is 19.9 Å². The quantitative estimate of drug-likeness (QED) is 0.771. The van der Waals surface area contributed by atoms with E-state index >= 15 is 0 Å². The summed E-state index contributed by atoms with van der Waals surface area (Å²) in [6, 6.07) is 16.0. The van der Waals surface area contributed by atoms with E-state index in [4.69, 9.17) is 5.73 Å². The fourth-order valence-corrected chi connectivity index (χ4v) is 2.35. The van der Waals surface area contributed by atoms with Crippen molar-refractivity contribution in [1.29, 1.82) is 0 Å². The van der Waals surface area contributed by atoms with E-state index in [-0.39, 0.29) is 6.04 Å². The molecule has 1 unspecified atom stereocenters. The van der Waals surface area contributed by atoms with Crippen LogP contribution in [0.1, 0.15) is 28.7 Å². The highest BCUT2D eigenvalue weighted by atomic mass is 14.8. The maximum atomic E-state index is 6.32. The number of hydrogen-bond donors (Lipinski definition) is 1. The van der Waals surface area contributed by atoms with E-state index in [2.05, 4.69) is 22.1 Å². The van der Waals surface area contributed by atoms with Crippen LogP contribution < -0.4 is 5.73 Å². The Morgan fingerprint density at radius 3 is 2.50 bits per heavy atom. The SMILES string of the molecule is Cc1cccc(C(N)c2ccc3nc(C)ccc3c2)n1. The normalized spacial score (nSPS) is 12.6. The first-order valence-corrected chi connectivity index (χ1v) is 6.70. The van der Waals surface area contributed by atoms with Crippen molar-refractivity contribution in [1.82, 2.24) is 9.97 Å². The van der Waals surface area contributed by atoms with Gasteiger partial charge in [-0.2, -0.15) is 0 Å². The molecule has 0 aliphatic carbocycles. The van der Waals surface area contributed by atoms with Crippen molar-refractivity contribution in [3.8, 4) is 0 Å². The van der Waals surface area contributed by atoms with Gasteiger partial charge in [-0.1, -0.05) is 18.2 Å². The van der Waals surface area contributed by atoms with E-state index in [1.807, 2.05) is 50.2 Å². The third-order valence-electron chi connectivity index (χ3n) is 3.44. The Labute approximate surface area is 118 Å². The van der Waals surface area contributed by atoms with E-state index in [9.17, 15) is 0 Å². The third kappa shape index (κ3) is 2.40. The largest absolute Gasteiger partial charge is 0.319 e. The molecule has 1 atom stereocenters. The number of aromatic nitrogens is 2. The van der Waals surface area contributed by atoms with Crippen LogP contribution in [0.15, 0.2) is 48.5 Å². The summed E-state index contributed by atoms with van der Waals surface area (Å²) in [7, 11) is 0. The van der Waals surface area contributed by atoms with Crippen LogP contribution in [0.3, 0.4) is 0 Å². The van der Waals surface area contributed by atoms with Gasteiger partial charge in [-0.05, 0) is 49.7 Å². The molecule has 0 amide bonds. The van der Waals surface area contributed by atoms with E-state index in [0.29, 0.717) is 0 Å². The Morgan fingerprint density at radius 2 is 1.70 bits per heavy atom. The Hall–Kier alpha value is -2.26. The minimum absolute atomic E-state index is 0.208. The average molecular weight is 263 g/mol. The summed E-state index contributed by atoms with van der Waals surface area (Å²) in [6.45, 7) is 3.97. The molecular weight excluding hydrogens is 246 g/mol. The molecular formula is C17H17N3. The molecule has 100 valence electrons. The highest BCUT2D eigenvalue weighted by Crippen LogP contribution is 2.22. The van der Waals surface area contributed by atoms with E-state index in [0.717, 1.165) is 33.5 Å². The van der Waals surface area contributed by atoms with Gasteiger partial charge in [-0.15, -0.1) is 0 Å². The zero-order valence-electron chi connectivity index (χ0n) is 11.7. The molecule has 3 aromatic rings. The number of nitrogens with two attached hydrogens (primary N) is 1. The average Bonchev–Trinajstić information content (AvgIpc) is 2.46. The minimum Gasteiger partial charge on any atom is -0.319 e. The Balaban J connectivity index is 2.03. The molecule has 0 spiro atoms. The fraction of sp³-hybridized carbons (Fsp3) is 0.176. The molecule has 0 saturated heterocycles. The van der Waals surface area contributed by atoms with Crippen LogP contribution in [0.2, 0.25) is 0 Å². The van der Waals surface area contributed by atoms with Crippen LogP contribution >= 0.6 is 0 Å². The molecule has 2 heterocycles. The maximum absolute atomic E-state index is 6.32. The molecule has 2 N–H and O–H groups in total. The summed E-state index contributed by atoms with van der Waals surface area (Å²) >= 11 is 0. The second-order valence-electron chi connectivity index (χ2n) is 5.09. The lowest BCUT2D eigenvalue weighted by molar-refractivity contribution is 0.823. The van der Waals surface area contributed by atoms with Gasteiger partial charge < -0.3 is 5.73 Å². The van der Waals surface area contributed by atoms with Crippen molar-refractivity contribution in [2.24, 2.45) is 5.73 Å². The van der Waals surface area contributed by atoms with Crippen molar-refractivity contribution < 1.29 is 0 Å². The highest BCUT2D eigenvalue weighted by molar-refractivity contribution is 5.79. The van der Waals surface area contributed by atoms with Crippen molar-refractivity contribution >= 4 is 10.9 Å². The molecule has 0 bridgehead atoms. The van der Waals surface area contributed by atoms with Crippen molar-refractivity contribution in [3.05, 3.63) is 71.2 Å². The summed E-state index contributed by atoms with van der Waals surface area (Å²) in [5, 5.41) is 1.11. The lowest BCUT2D eigenvalue weighted by Gasteiger charge is -2.13. The molecule has 0 fully saturated rings. The number of benzene rings is 1. The number of rotatable bonds is 2. The Kier molecular flexibility index (Phi) is 3.20. The Morgan fingerprint density at radius 1 is 0.900 bits per heavy atom. The predicted octanol–water partition coefficient (Wildman–Crippen LogP) is 3.29. The molecule has 1 aromatic carbocycles. The molecule has 0 radical (unpaired) electrons. The lowest BCUT2D eigenvalue weighted by Crippen LogP contribution is -2.13.